The third-order valence-electron chi connectivity index (χ3n) is 4.21. The average Bonchev–Trinajstić information content (AvgIpc) is 2.37. The van der Waals surface area contributed by atoms with Crippen molar-refractivity contribution >= 4 is 5.69 Å². The lowest BCUT2D eigenvalue weighted by molar-refractivity contribution is 0.277. The van der Waals surface area contributed by atoms with E-state index in [0.29, 0.717) is 12.0 Å². The Morgan fingerprint density at radius 2 is 2.00 bits per heavy atom. The summed E-state index contributed by atoms with van der Waals surface area (Å²) >= 11 is 0. The van der Waals surface area contributed by atoms with Crippen molar-refractivity contribution in [1.82, 2.24) is 5.32 Å². The Hall–Kier alpha value is -1.02. The summed E-state index contributed by atoms with van der Waals surface area (Å²) in [6.45, 7) is 13.6. The molecule has 1 aliphatic heterocycles. The minimum Gasteiger partial charge on any atom is -0.365 e. The first-order chi connectivity index (χ1) is 8.94. The molecule has 0 bridgehead atoms. The summed E-state index contributed by atoms with van der Waals surface area (Å²) in [4.78, 5) is 2.62. The maximum atomic E-state index is 3.69. The zero-order chi connectivity index (χ0) is 14.0. The van der Waals surface area contributed by atoms with Crippen LogP contribution in [0.2, 0.25) is 0 Å². The number of piperazine rings is 1. The molecule has 0 aliphatic carbocycles. The highest BCUT2D eigenvalue weighted by molar-refractivity contribution is 5.55. The highest BCUT2D eigenvalue weighted by atomic mass is 15.3. The maximum absolute atomic E-state index is 3.69. The molecule has 1 aliphatic rings. The zero-order valence-corrected chi connectivity index (χ0v) is 13.0. The van der Waals surface area contributed by atoms with Crippen molar-refractivity contribution in [1.29, 1.82) is 0 Å². The van der Waals surface area contributed by atoms with Crippen molar-refractivity contribution in [3.63, 3.8) is 0 Å². The van der Waals surface area contributed by atoms with Crippen LogP contribution in [0, 0.1) is 5.92 Å². The lowest BCUT2D eigenvalue weighted by atomic mass is 9.91. The molecule has 0 radical (unpaired) electrons. The number of nitrogens with one attached hydrogen (secondary N) is 1. The van der Waals surface area contributed by atoms with E-state index in [9.17, 15) is 0 Å². The lowest BCUT2D eigenvalue weighted by Crippen LogP contribution is -2.63. The molecule has 0 spiro atoms. The van der Waals surface area contributed by atoms with E-state index in [1.165, 1.54) is 11.3 Å². The van der Waals surface area contributed by atoms with Gasteiger partial charge in [-0.15, -0.1) is 0 Å². The van der Waals surface area contributed by atoms with Gasteiger partial charge in [0.2, 0.25) is 0 Å². The Morgan fingerprint density at radius 3 is 2.63 bits per heavy atom. The van der Waals surface area contributed by atoms with Crippen LogP contribution < -0.4 is 10.2 Å². The molecule has 1 atom stereocenters. The molecule has 0 amide bonds. The van der Waals surface area contributed by atoms with Crippen LogP contribution in [0.25, 0.3) is 0 Å². The molecule has 1 aromatic carbocycles. The number of anilines is 1. The summed E-state index contributed by atoms with van der Waals surface area (Å²) in [5.74, 6) is 0.661. The first kappa shape index (κ1) is 14.4. The van der Waals surface area contributed by atoms with Crippen molar-refractivity contribution in [2.75, 3.05) is 18.0 Å². The van der Waals surface area contributed by atoms with E-state index in [1.54, 1.807) is 0 Å². The summed E-state index contributed by atoms with van der Waals surface area (Å²) in [5, 5.41) is 3.69. The molecule has 19 heavy (non-hydrogen) atoms. The van der Waals surface area contributed by atoms with E-state index in [0.717, 1.165) is 19.5 Å². The van der Waals surface area contributed by atoms with Gasteiger partial charge in [0.15, 0.2) is 0 Å². The highest BCUT2D eigenvalue weighted by Crippen LogP contribution is 2.29. The van der Waals surface area contributed by atoms with E-state index >= 15 is 0 Å². The summed E-state index contributed by atoms with van der Waals surface area (Å²) in [6.07, 6.45) is 1.10. The normalized spacial score (nSPS) is 22.8. The molecule has 1 unspecified atom stereocenters. The predicted molar refractivity (Wildman–Crippen MR) is 83.9 cm³/mol. The number of hydrogen-bond acceptors (Lipinski definition) is 2. The number of benzene rings is 1. The fourth-order valence-corrected chi connectivity index (χ4v) is 3.04. The van der Waals surface area contributed by atoms with Gasteiger partial charge < -0.3 is 10.2 Å². The monoisotopic (exact) mass is 260 g/mol. The SMILES string of the molecule is CCc1ccccc1N1CC(C)(C)NCC1C(C)C. The third-order valence-corrected chi connectivity index (χ3v) is 4.21. The Bertz CT molecular complexity index is 423. The van der Waals surface area contributed by atoms with Gasteiger partial charge in [-0.1, -0.05) is 39.0 Å². The van der Waals surface area contributed by atoms with Gasteiger partial charge in [-0.2, -0.15) is 0 Å². The fraction of sp³-hybridized carbons (Fsp3) is 0.647. The lowest BCUT2D eigenvalue weighted by Gasteiger charge is -2.48. The van der Waals surface area contributed by atoms with Gasteiger partial charge in [0.05, 0.1) is 0 Å². The van der Waals surface area contributed by atoms with Crippen LogP contribution >= 0.6 is 0 Å². The second-order valence-corrected chi connectivity index (χ2v) is 6.69. The van der Waals surface area contributed by atoms with Crippen molar-refractivity contribution in [3.05, 3.63) is 29.8 Å². The minimum atomic E-state index is 0.187. The highest BCUT2D eigenvalue weighted by Gasteiger charge is 2.34. The van der Waals surface area contributed by atoms with Gasteiger partial charge in [-0.3, -0.25) is 0 Å². The Balaban J connectivity index is 2.36. The summed E-state index contributed by atoms with van der Waals surface area (Å²) < 4.78 is 0. The third kappa shape index (κ3) is 3.11. The summed E-state index contributed by atoms with van der Waals surface area (Å²) in [7, 11) is 0. The fourth-order valence-electron chi connectivity index (χ4n) is 3.04. The molecule has 106 valence electrons. The molecule has 0 saturated carbocycles. The minimum absolute atomic E-state index is 0.187. The second-order valence-electron chi connectivity index (χ2n) is 6.69. The molecule has 0 aromatic heterocycles. The van der Waals surface area contributed by atoms with Gasteiger partial charge in [0.1, 0.15) is 0 Å². The van der Waals surface area contributed by atoms with Gasteiger partial charge >= 0.3 is 0 Å². The van der Waals surface area contributed by atoms with Crippen molar-refractivity contribution in [3.8, 4) is 0 Å². The standard InChI is InChI=1S/C17H28N2/c1-6-14-9-7-8-10-15(14)19-12-17(4,5)18-11-16(19)13(2)3/h7-10,13,16,18H,6,11-12H2,1-5H3. The van der Waals surface area contributed by atoms with Gasteiger partial charge in [0.25, 0.3) is 0 Å². The van der Waals surface area contributed by atoms with Crippen molar-refractivity contribution < 1.29 is 0 Å². The maximum Gasteiger partial charge on any atom is 0.0438 e. The number of rotatable bonds is 3. The van der Waals surface area contributed by atoms with Crippen LogP contribution in [0.5, 0.6) is 0 Å². The number of nitrogens with zero attached hydrogens (tertiary/aromatic N) is 1. The van der Waals surface area contributed by atoms with Crippen LogP contribution in [0.15, 0.2) is 24.3 Å². The Labute approximate surface area is 118 Å². The number of hydrogen-bond donors (Lipinski definition) is 1. The number of para-hydroxylation sites is 1. The van der Waals surface area contributed by atoms with E-state index < -0.39 is 0 Å². The van der Waals surface area contributed by atoms with E-state index in [4.69, 9.17) is 0 Å². The van der Waals surface area contributed by atoms with E-state index in [1.807, 2.05) is 0 Å². The predicted octanol–water partition coefficient (Wildman–Crippen LogP) is 3.46. The van der Waals surface area contributed by atoms with Crippen molar-refractivity contribution in [2.24, 2.45) is 5.92 Å². The Morgan fingerprint density at radius 1 is 1.32 bits per heavy atom. The Kier molecular flexibility index (Phi) is 4.19. The molecule has 1 aromatic rings. The summed E-state index contributed by atoms with van der Waals surface area (Å²) in [6, 6.07) is 9.46. The topological polar surface area (TPSA) is 15.3 Å². The van der Waals surface area contributed by atoms with Crippen LogP contribution in [0.4, 0.5) is 5.69 Å². The molecule has 2 nitrogen and oxygen atoms in total. The van der Waals surface area contributed by atoms with E-state index in [2.05, 4.69) is 69.1 Å². The van der Waals surface area contributed by atoms with Crippen LogP contribution in [-0.2, 0) is 6.42 Å². The molecular weight excluding hydrogens is 232 g/mol. The molecule has 1 N–H and O–H groups in total. The quantitative estimate of drug-likeness (QED) is 0.895. The van der Waals surface area contributed by atoms with Crippen molar-refractivity contribution in [2.45, 2.75) is 52.6 Å². The largest absolute Gasteiger partial charge is 0.365 e. The molecule has 1 fully saturated rings. The van der Waals surface area contributed by atoms with Crippen LogP contribution in [0.1, 0.15) is 40.2 Å². The smallest absolute Gasteiger partial charge is 0.0438 e. The van der Waals surface area contributed by atoms with Gasteiger partial charge in [0, 0.05) is 30.4 Å². The second kappa shape index (κ2) is 5.54. The first-order valence-corrected chi connectivity index (χ1v) is 7.54. The van der Waals surface area contributed by atoms with E-state index in [-0.39, 0.29) is 5.54 Å². The molecule has 1 heterocycles. The molecule has 1 saturated heterocycles. The molecule has 2 heteroatoms. The average molecular weight is 260 g/mol. The first-order valence-electron chi connectivity index (χ1n) is 7.54. The molecule has 2 rings (SSSR count). The van der Waals surface area contributed by atoms with Gasteiger partial charge in [-0.25, -0.2) is 0 Å². The molecular formula is C17H28N2. The van der Waals surface area contributed by atoms with Crippen LogP contribution in [0.3, 0.4) is 0 Å². The zero-order valence-electron chi connectivity index (χ0n) is 13.0. The summed E-state index contributed by atoms with van der Waals surface area (Å²) in [5.41, 5.74) is 3.08. The van der Waals surface area contributed by atoms with Gasteiger partial charge in [-0.05, 0) is 37.8 Å². The van der Waals surface area contributed by atoms with Crippen LogP contribution in [-0.4, -0.2) is 24.7 Å². The number of aryl methyl sites for hydroxylation is 1.